The van der Waals surface area contributed by atoms with Crippen molar-refractivity contribution in [1.82, 2.24) is 4.72 Å². The lowest BCUT2D eigenvalue weighted by atomic mass is 10.1. The van der Waals surface area contributed by atoms with Gasteiger partial charge in [-0.05, 0) is 32.4 Å². The Kier molecular flexibility index (Phi) is 3.90. The molecule has 0 saturated heterocycles. The molecule has 0 unspecified atom stereocenters. The highest BCUT2D eigenvalue weighted by molar-refractivity contribution is 7.89. The topological polar surface area (TPSA) is 83.5 Å². The van der Waals surface area contributed by atoms with Crippen molar-refractivity contribution in [3.8, 4) is 0 Å². The summed E-state index contributed by atoms with van der Waals surface area (Å²) in [6.45, 7) is 4.92. The molecule has 0 spiro atoms. The summed E-state index contributed by atoms with van der Waals surface area (Å²) in [6.07, 6.45) is 0. The van der Waals surface area contributed by atoms with Gasteiger partial charge in [0, 0.05) is 6.04 Å². The van der Waals surface area contributed by atoms with Gasteiger partial charge >= 0.3 is 5.97 Å². The van der Waals surface area contributed by atoms with Crippen molar-refractivity contribution in [3.63, 3.8) is 0 Å². The number of hydrogen-bond acceptors (Lipinski definition) is 3. The molecule has 0 bridgehead atoms. The van der Waals surface area contributed by atoms with Gasteiger partial charge in [-0.2, -0.15) is 0 Å². The third-order valence-electron chi connectivity index (χ3n) is 2.10. The Bertz CT molecular complexity index is 534. The molecule has 2 N–H and O–H groups in total. The molecule has 0 aromatic heterocycles. The second kappa shape index (κ2) is 4.85. The molecule has 0 aliphatic heterocycles. The van der Waals surface area contributed by atoms with Crippen LogP contribution in [0.5, 0.6) is 0 Å². The minimum atomic E-state index is -3.80. The average molecular weight is 257 g/mol. The first-order valence-electron chi connectivity index (χ1n) is 5.11. The summed E-state index contributed by atoms with van der Waals surface area (Å²) < 4.78 is 26.4. The van der Waals surface area contributed by atoms with Gasteiger partial charge in [-0.15, -0.1) is 0 Å². The van der Waals surface area contributed by atoms with Gasteiger partial charge in [-0.1, -0.05) is 12.1 Å². The van der Waals surface area contributed by atoms with Crippen LogP contribution in [-0.4, -0.2) is 25.5 Å². The van der Waals surface area contributed by atoms with E-state index in [0.717, 1.165) is 0 Å². The van der Waals surface area contributed by atoms with Crippen molar-refractivity contribution < 1.29 is 18.3 Å². The lowest BCUT2D eigenvalue weighted by Gasteiger charge is -2.13. The van der Waals surface area contributed by atoms with Gasteiger partial charge in [-0.3, -0.25) is 0 Å². The van der Waals surface area contributed by atoms with Gasteiger partial charge in [0.25, 0.3) is 0 Å². The third kappa shape index (κ3) is 3.04. The SMILES string of the molecule is Cc1cccc(C(=O)O)c1S(=O)(=O)NC(C)C. The second-order valence-electron chi connectivity index (χ2n) is 4.03. The van der Waals surface area contributed by atoms with Gasteiger partial charge in [-0.25, -0.2) is 17.9 Å². The van der Waals surface area contributed by atoms with Gasteiger partial charge in [0.1, 0.15) is 0 Å². The summed E-state index contributed by atoms with van der Waals surface area (Å²) in [5, 5.41) is 9.00. The lowest BCUT2D eigenvalue weighted by molar-refractivity contribution is 0.0692. The fourth-order valence-electron chi connectivity index (χ4n) is 1.55. The molecule has 5 nitrogen and oxygen atoms in total. The standard InChI is InChI=1S/C11H15NO4S/c1-7(2)12-17(15,16)10-8(3)5-4-6-9(10)11(13)14/h4-7,12H,1-3H3,(H,13,14). The van der Waals surface area contributed by atoms with Crippen molar-refractivity contribution in [1.29, 1.82) is 0 Å². The van der Waals surface area contributed by atoms with Crippen LogP contribution >= 0.6 is 0 Å². The van der Waals surface area contributed by atoms with Crippen molar-refractivity contribution in [3.05, 3.63) is 29.3 Å². The number of rotatable bonds is 4. The minimum absolute atomic E-state index is 0.166. The Balaban J connectivity index is 3.44. The number of hydrogen-bond donors (Lipinski definition) is 2. The maximum Gasteiger partial charge on any atom is 0.337 e. The molecule has 17 heavy (non-hydrogen) atoms. The first-order chi connectivity index (χ1) is 7.75. The van der Waals surface area contributed by atoms with Crippen LogP contribution in [0.1, 0.15) is 29.8 Å². The highest BCUT2D eigenvalue weighted by Crippen LogP contribution is 2.20. The largest absolute Gasteiger partial charge is 0.478 e. The highest BCUT2D eigenvalue weighted by atomic mass is 32.2. The second-order valence-corrected chi connectivity index (χ2v) is 5.68. The molecule has 0 heterocycles. The van der Waals surface area contributed by atoms with Crippen molar-refractivity contribution >= 4 is 16.0 Å². The van der Waals surface area contributed by atoms with Crippen LogP contribution in [0, 0.1) is 6.92 Å². The third-order valence-corrected chi connectivity index (χ3v) is 3.96. The summed E-state index contributed by atoms with van der Waals surface area (Å²) in [6, 6.07) is 4.08. The predicted octanol–water partition coefficient (Wildman–Crippen LogP) is 1.38. The normalized spacial score (nSPS) is 11.8. The maximum absolute atomic E-state index is 12.0. The Morgan fingerprint density at radius 2 is 1.94 bits per heavy atom. The number of aromatic carboxylic acids is 1. The number of benzene rings is 1. The fraction of sp³-hybridized carbons (Fsp3) is 0.364. The van der Waals surface area contributed by atoms with E-state index in [4.69, 9.17) is 5.11 Å². The number of nitrogens with one attached hydrogen (secondary N) is 1. The van der Waals surface area contributed by atoms with Crippen molar-refractivity contribution in [2.75, 3.05) is 0 Å². The molecule has 6 heteroatoms. The van der Waals surface area contributed by atoms with E-state index < -0.39 is 16.0 Å². The smallest absolute Gasteiger partial charge is 0.337 e. The van der Waals surface area contributed by atoms with Crippen LogP contribution < -0.4 is 4.72 Å². The molecule has 0 amide bonds. The Morgan fingerprint density at radius 3 is 2.41 bits per heavy atom. The van der Waals surface area contributed by atoms with Gasteiger partial charge in [0.15, 0.2) is 0 Å². The molecular weight excluding hydrogens is 242 g/mol. The molecule has 0 saturated carbocycles. The van der Waals surface area contributed by atoms with E-state index in [2.05, 4.69) is 4.72 Å². The molecule has 0 atom stereocenters. The van der Waals surface area contributed by atoms with Crippen molar-refractivity contribution in [2.24, 2.45) is 0 Å². The van der Waals surface area contributed by atoms with E-state index in [1.807, 2.05) is 0 Å². The molecule has 1 aromatic carbocycles. The summed E-state index contributed by atoms with van der Waals surface area (Å²) in [5.41, 5.74) is 0.205. The number of sulfonamides is 1. The van der Waals surface area contributed by atoms with Crippen molar-refractivity contribution in [2.45, 2.75) is 31.7 Å². The highest BCUT2D eigenvalue weighted by Gasteiger charge is 2.24. The van der Waals surface area contributed by atoms with Crippen LogP contribution in [0.4, 0.5) is 0 Å². The maximum atomic E-state index is 12.0. The van der Waals surface area contributed by atoms with E-state index in [1.54, 1.807) is 26.8 Å². The van der Waals surface area contributed by atoms with Crippen LogP contribution in [0.3, 0.4) is 0 Å². The van der Waals surface area contributed by atoms with Crippen LogP contribution in [0.15, 0.2) is 23.1 Å². The summed E-state index contributed by atoms with van der Waals surface area (Å²) >= 11 is 0. The molecule has 0 aliphatic rings. The number of carbonyl (C=O) groups is 1. The average Bonchev–Trinajstić information content (AvgIpc) is 2.14. The molecule has 1 rings (SSSR count). The Hall–Kier alpha value is -1.40. The van der Waals surface area contributed by atoms with E-state index in [0.29, 0.717) is 5.56 Å². The van der Waals surface area contributed by atoms with E-state index in [-0.39, 0.29) is 16.5 Å². The monoisotopic (exact) mass is 257 g/mol. The summed E-state index contributed by atoms with van der Waals surface area (Å²) in [5.74, 6) is -1.25. The minimum Gasteiger partial charge on any atom is -0.478 e. The molecule has 1 aromatic rings. The van der Waals surface area contributed by atoms with Crippen LogP contribution in [0.25, 0.3) is 0 Å². The molecule has 0 aliphatic carbocycles. The Morgan fingerprint density at radius 1 is 1.35 bits per heavy atom. The quantitative estimate of drug-likeness (QED) is 0.853. The Labute approximate surface area is 101 Å². The fourth-order valence-corrected chi connectivity index (χ4v) is 3.22. The number of carboxylic acids is 1. The number of aryl methyl sites for hydroxylation is 1. The predicted molar refractivity (Wildman–Crippen MR) is 63.6 cm³/mol. The molecular formula is C11H15NO4S. The lowest BCUT2D eigenvalue weighted by Crippen LogP contribution is -2.32. The number of carboxylic acid groups (broad SMARTS) is 1. The zero-order valence-corrected chi connectivity index (χ0v) is 10.7. The van der Waals surface area contributed by atoms with Gasteiger partial charge in [0.2, 0.25) is 10.0 Å². The van der Waals surface area contributed by atoms with E-state index in [9.17, 15) is 13.2 Å². The molecule has 94 valence electrons. The van der Waals surface area contributed by atoms with Gasteiger partial charge < -0.3 is 5.11 Å². The van der Waals surface area contributed by atoms with E-state index in [1.165, 1.54) is 12.1 Å². The first-order valence-corrected chi connectivity index (χ1v) is 6.59. The van der Waals surface area contributed by atoms with Crippen LogP contribution in [0.2, 0.25) is 0 Å². The first kappa shape index (κ1) is 13.7. The summed E-state index contributed by atoms with van der Waals surface area (Å²) in [7, 11) is -3.80. The molecule has 0 radical (unpaired) electrons. The van der Waals surface area contributed by atoms with Gasteiger partial charge in [0.05, 0.1) is 10.5 Å². The zero-order valence-electron chi connectivity index (χ0n) is 9.89. The van der Waals surface area contributed by atoms with E-state index >= 15 is 0 Å². The molecule has 0 fully saturated rings. The zero-order chi connectivity index (χ0) is 13.2. The summed E-state index contributed by atoms with van der Waals surface area (Å²) in [4.78, 5) is 10.8. The van der Waals surface area contributed by atoms with Crippen LogP contribution in [-0.2, 0) is 10.0 Å².